The summed E-state index contributed by atoms with van der Waals surface area (Å²) in [4.78, 5) is 25.1. The Bertz CT molecular complexity index is 1930. The van der Waals surface area contributed by atoms with E-state index in [-0.39, 0.29) is 43.8 Å². The van der Waals surface area contributed by atoms with Crippen molar-refractivity contribution in [2.45, 2.75) is 23.0 Å². The molecule has 4 aromatic rings. The number of carbonyl (C=O) groups is 2. The monoisotopic (exact) mass is 690 g/mol. The van der Waals surface area contributed by atoms with Gasteiger partial charge in [-0.1, -0.05) is 24.3 Å². The van der Waals surface area contributed by atoms with E-state index in [2.05, 4.69) is 20.1 Å². The van der Waals surface area contributed by atoms with Gasteiger partial charge in [-0.05, 0) is 96.1 Å². The molecule has 2 amide bonds. The van der Waals surface area contributed by atoms with E-state index in [1.807, 2.05) is 0 Å². The number of hydrogen-bond donors (Lipinski definition) is 2. The fraction of sp³-hybridized carbons (Fsp3) is 0.0588. The van der Waals surface area contributed by atoms with Crippen LogP contribution < -0.4 is 20.1 Å². The molecule has 0 saturated carbocycles. The molecule has 2 N–H and O–H groups in total. The van der Waals surface area contributed by atoms with Crippen LogP contribution in [0.5, 0.6) is 11.5 Å². The first kappa shape index (κ1) is 35.4. The van der Waals surface area contributed by atoms with Crippen molar-refractivity contribution in [2.75, 3.05) is 10.6 Å². The maximum Gasteiger partial charge on any atom is 0.387 e. The van der Waals surface area contributed by atoms with Crippen molar-refractivity contribution in [2.24, 2.45) is 0 Å². The second-order valence-corrected chi connectivity index (χ2v) is 11.6. The summed E-state index contributed by atoms with van der Waals surface area (Å²) >= 11 is 0. The lowest BCUT2D eigenvalue weighted by molar-refractivity contribution is -0.113. The van der Waals surface area contributed by atoms with Gasteiger partial charge in [0.05, 0.1) is 9.79 Å². The summed E-state index contributed by atoms with van der Waals surface area (Å²) in [7, 11) is -4.04. The molecule has 0 bridgehead atoms. The fourth-order valence-corrected chi connectivity index (χ4v) is 5.35. The van der Waals surface area contributed by atoms with Crippen molar-refractivity contribution in [3.63, 3.8) is 0 Å². The van der Waals surface area contributed by atoms with Crippen molar-refractivity contribution in [3.8, 4) is 23.6 Å². The van der Waals surface area contributed by atoms with E-state index >= 15 is 0 Å². The summed E-state index contributed by atoms with van der Waals surface area (Å²) in [6.45, 7) is -6.00. The first-order valence-electron chi connectivity index (χ1n) is 13.8. The number of sulfone groups is 1. The predicted molar refractivity (Wildman–Crippen MR) is 169 cm³/mol. The molecule has 0 unspecified atom stereocenters. The molecule has 0 aliphatic rings. The lowest BCUT2D eigenvalue weighted by Crippen LogP contribution is -2.14. The highest BCUT2D eigenvalue weighted by Gasteiger charge is 2.19. The third-order valence-corrected chi connectivity index (χ3v) is 8.19. The minimum atomic E-state index is -4.04. The maximum atomic E-state index is 13.2. The van der Waals surface area contributed by atoms with E-state index in [4.69, 9.17) is 0 Å². The zero-order chi connectivity index (χ0) is 35.6. The molecule has 248 valence electrons. The molecule has 15 heteroatoms. The summed E-state index contributed by atoms with van der Waals surface area (Å²) in [6.07, 6.45) is 2.47. The van der Waals surface area contributed by atoms with Gasteiger partial charge >= 0.3 is 13.2 Å². The Kier molecular flexibility index (Phi) is 11.5. The SMILES string of the molecule is N#C/C(=C\c1ccc(OC(F)F)cc1)C(=O)Nc1ccc(S(=O)(=O)c2ccc(NC(=O)/C(C#N)=C/c3ccc(OC(F)F)cc3)cc2)cc1. The van der Waals surface area contributed by atoms with E-state index in [0.717, 1.165) is 0 Å². The van der Waals surface area contributed by atoms with Gasteiger partial charge in [-0.3, -0.25) is 9.59 Å². The van der Waals surface area contributed by atoms with Crippen LogP contribution in [0.4, 0.5) is 28.9 Å². The topological polar surface area (TPSA) is 158 Å². The molecule has 0 fully saturated rings. The predicted octanol–water partition coefficient (Wildman–Crippen LogP) is 6.81. The number of anilines is 2. The number of amides is 2. The molecule has 0 aliphatic carbocycles. The zero-order valence-electron chi connectivity index (χ0n) is 24.8. The Labute approximate surface area is 277 Å². The molecule has 4 rings (SSSR count). The quantitative estimate of drug-likeness (QED) is 0.0932. The van der Waals surface area contributed by atoms with E-state index in [1.54, 1.807) is 12.1 Å². The van der Waals surface area contributed by atoms with Crippen molar-refractivity contribution in [1.82, 2.24) is 0 Å². The summed E-state index contributed by atoms with van der Waals surface area (Å²) in [6, 6.07) is 24.3. The van der Waals surface area contributed by atoms with E-state index in [9.17, 15) is 46.1 Å². The van der Waals surface area contributed by atoms with Gasteiger partial charge in [0.25, 0.3) is 11.8 Å². The number of benzene rings is 4. The number of nitrogens with one attached hydrogen (secondary N) is 2. The van der Waals surface area contributed by atoms with Crippen molar-refractivity contribution < 1.29 is 45.0 Å². The van der Waals surface area contributed by atoms with Gasteiger partial charge in [0.15, 0.2) is 0 Å². The average molecular weight is 691 g/mol. The van der Waals surface area contributed by atoms with Gasteiger partial charge in [0.2, 0.25) is 9.84 Å². The Morgan fingerprint density at radius 3 is 1.20 bits per heavy atom. The highest BCUT2D eigenvalue weighted by Crippen LogP contribution is 2.25. The van der Waals surface area contributed by atoms with Crippen LogP contribution in [0.1, 0.15) is 11.1 Å². The number of alkyl halides is 4. The molecule has 0 aromatic heterocycles. The number of hydrogen-bond acceptors (Lipinski definition) is 8. The molecule has 49 heavy (non-hydrogen) atoms. The molecule has 0 aliphatic heterocycles. The summed E-state index contributed by atoms with van der Waals surface area (Å²) in [5.74, 6) is -1.79. The first-order valence-corrected chi connectivity index (χ1v) is 15.3. The van der Waals surface area contributed by atoms with E-state index in [1.165, 1.54) is 109 Å². The first-order chi connectivity index (χ1) is 23.4. The van der Waals surface area contributed by atoms with Gasteiger partial charge in [-0.25, -0.2) is 8.42 Å². The van der Waals surface area contributed by atoms with Gasteiger partial charge in [0.1, 0.15) is 34.8 Å². The molecule has 0 spiro atoms. The Balaban J connectivity index is 1.39. The van der Waals surface area contributed by atoms with Crippen LogP contribution in [0, 0.1) is 22.7 Å². The van der Waals surface area contributed by atoms with E-state index in [0.29, 0.717) is 11.1 Å². The molecule has 0 saturated heterocycles. The molecule has 10 nitrogen and oxygen atoms in total. The van der Waals surface area contributed by atoms with Gasteiger partial charge in [-0.2, -0.15) is 28.1 Å². The third-order valence-electron chi connectivity index (χ3n) is 6.41. The zero-order valence-corrected chi connectivity index (χ0v) is 25.6. The van der Waals surface area contributed by atoms with E-state index < -0.39 is 34.9 Å². The van der Waals surface area contributed by atoms with Gasteiger partial charge in [0, 0.05) is 11.4 Å². The maximum absolute atomic E-state index is 13.2. The second kappa shape index (κ2) is 15.9. The van der Waals surface area contributed by atoms with Crippen LogP contribution >= 0.6 is 0 Å². The third kappa shape index (κ3) is 9.77. The standard InChI is InChI=1S/C34H22F4N4O6S/c35-33(36)47-27-9-1-21(2-10-27)17-23(19-39)31(43)41-25-5-13-29(14-6-25)49(45,46)30-15-7-26(8-16-30)42-32(44)24(20-40)18-22-3-11-28(12-4-22)48-34(37)38/h1-18,33-34H,(H,41,43)(H,42,44)/b23-17+,24-18+. The number of nitriles is 2. The molecular weight excluding hydrogens is 668 g/mol. The summed E-state index contributed by atoms with van der Waals surface area (Å²) in [5.41, 5.74) is 0.496. The Morgan fingerprint density at radius 2 is 0.918 bits per heavy atom. The van der Waals surface area contributed by atoms with Crippen LogP contribution in [0.25, 0.3) is 12.2 Å². The lowest BCUT2D eigenvalue weighted by atomic mass is 10.1. The van der Waals surface area contributed by atoms with Crippen molar-refractivity contribution in [3.05, 3.63) is 119 Å². The number of carbonyl (C=O) groups excluding carboxylic acids is 2. The highest BCUT2D eigenvalue weighted by atomic mass is 32.2. The lowest BCUT2D eigenvalue weighted by Gasteiger charge is -2.09. The number of nitrogens with zero attached hydrogens (tertiary/aromatic N) is 2. The molecule has 4 aromatic carbocycles. The number of rotatable bonds is 12. The van der Waals surface area contributed by atoms with Crippen molar-refractivity contribution in [1.29, 1.82) is 10.5 Å². The van der Waals surface area contributed by atoms with Crippen LogP contribution in [-0.4, -0.2) is 33.5 Å². The Morgan fingerprint density at radius 1 is 0.592 bits per heavy atom. The molecule has 0 atom stereocenters. The smallest absolute Gasteiger partial charge is 0.387 e. The second-order valence-electron chi connectivity index (χ2n) is 9.70. The molecular formula is C34H22F4N4O6S. The number of ether oxygens (including phenoxy) is 2. The average Bonchev–Trinajstić information content (AvgIpc) is 3.07. The number of halogens is 4. The minimum absolute atomic E-state index is 0.0975. The largest absolute Gasteiger partial charge is 0.435 e. The van der Waals surface area contributed by atoms with Gasteiger partial charge < -0.3 is 20.1 Å². The molecule has 0 heterocycles. The summed E-state index contributed by atoms with van der Waals surface area (Å²) in [5, 5.41) is 23.8. The Hall–Kier alpha value is -6.45. The summed E-state index contributed by atoms with van der Waals surface area (Å²) < 4.78 is 84.3. The van der Waals surface area contributed by atoms with Crippen LogP contribution in [0.15, 0.2) is 118 Å². The van der Waals surface area contributed by atoms with Gasteiger partial charge in [-0.15, -0.1) is 0 Å². The highest BCUT2D eigenvalue weighted by molar-refractivity contribution is 7.91. The van der Waals surface area contributed by atoms with Crippen LogP contribution in [0.2, 0.25) is 0 Å². The minimum Gasteiger partial charge on any atom is -0.435 e. The van der Waals surface area contributed by atoms with Crippen LogP contribution in [-0.2, 0) is 19.4 Å². The molecule has 0 radical (unpaired) electrons. The normalized spacial score (nSPS) is 11.8. The van der Waals surface area contributed by atoms with Crippen molar-refractivity contribution >= 4 is 45.2 Å². The fourth-order valence-electron chi connectivity index (χ4n) is 4.09. The van der Waals surface area contributed by atoms with Crippen LogP contribution in [0.3, 0.4) is 0 Å².